The largest absolute Gasteiger partial charge is 0.504 e. The molecule has 0 unspecified atom stereocenters. The maximum Gasteiger partial charge on any atom is 0.335 e. The van der Waals surface area contributed by atoms with Gasteiger partial charge in [0.05, 0.1) is 0 Å². The zero-order chi connectivity index (χ0) is 19.7. The fraction of sp³-hybridized carbons (Fsp3) is 0.529. The quantitative estimate of drug-likeness (QED) is 0.394. The highest BCUT2D eigenvalue weighted by Crippen LogP contribution is 2.32. The lowest BCUT2D eigenvalue weighted by molar-refractivity contribution is -0.271. The number of rotatable bonds is 5. The summed E-state index contributed by atoms with van der Waals surface area (Å²) in [5, 5.41) is 48.5. The molecule has 1 aromatic rings. The van der Waals surface area contributed by atoms with E-state index in [1.807, 2.05) is 0 Å². The summed E-state index contributed by atoms with van der Waals surface area (Å²) in [6.07, 6.45) is -7.68. The summed E-state index contributed by atoms with van der Waals surface area (Å²) in [5.41, 5.74) is 0.684. The molecule has 0 aliphatic carbocycles. The van der Waals surface area contributed by atoms with Gasteiger partial charge < -0.3 is 39.7 Å². The van der Waals surface area contributed by atoms with E-state index in [1.165, 1.54) is 12.1 Å². The fourth-order valence-corrected chi connectivity index (χ4v) is 3.05. The number of aliphatic hydroxyl groups excluding tert-OH is 3. The van der Waals surface area contributed by atoms with E-state index in [2.05, 4.69) is 0 Å². The summed E-state index contributed by atoms with van der Waals surface area (Å²) < 4.78 is 15.4. The van der Waals surface area contributed by atoms with Crippen molar-refractivity contribution < 1.29 is 49.3 Å². The van der Waals surface area contributed by atoms with Crippen LogP contribution in [0.5, 0.6) is 11.5 Å². The van der Waals surface area contributed by atoms with E-state index >= 15 is 0 Å². The number of carbonyl (C=O) groups is 2. The molecule has 2 heterocycles. The minimum absolute atomic E-state index is 0.112. The SMILES string of the molecule is O=C1CC[C@H](Cc2ccc(O[C@@H]3O[C@H](C(=O)O)[C@@H](O)[C@H](O)[C@H]3O)c(O)c2)O1. The predicted octanol–water partition coefficient (Wildman–Crippen LogP) is -1.09. The highest BCUT2D eigenvalue weighted by Gasteiger charge is 2.48. The van der Waals surface area contributed by atoms with Crippen molar-refractivity contribution >= 4 is 11.9 Å². The smallest absolute Gasteiger partial charge is 0.335 e. The van der Waals surface area contributed by atoms with Gasteiger partial charge >= 0.3 is 11.9 Å². The Morgan fingerprint density at radius 2 is 1.93 bits per heavy atom. The third kappa shape index (κ3) is 4.14. The molecular formula is C17H20O10. The second-order valence-corrected chi connectivity index (χ2v) is 6.51. The molecular weight excluding hydrogens is 364 g/mol. The standard InChI is InChI=1S/C17H20O10/c18-9-6-7(5-8-2-4-11(19)25-8)1-3-10(9)26-17-14(22)12(20)13(21)15(27-17)16(23)24/h1,3,6,8,12-15,17-18,20-22H,2,4-5H2,(H,23,24)/t8-,12+,13+,14-,15+,17-/m1/s1. The van der Waals surface area contributed by atoms with Crippen LogP contribution in [-0.4, -0.2) is 74.3 Å². The number of carboxylic acid groups (broad SMARTS) is 1. The molecule has 0 radical (unpaired) electrons. The monoisotopic (exact) mass is 384 g/mol. The summed E-state index contributed by atoms with van der Waals surface area (Å²) in [7, 11) is 0. The van der Waals surface area contributed by atoms with E-state index in [0.29, 0.717) is 24.8 Å². The summed E-state index contributed by atoms with van der Waals surface area (Å²) in [5.74, 6) is -2.21. The number of carbonyl (C=O) groups excluding carboxylic acids is 1. The van der Waals surface area contributed by atoms with Crippen LogP contribution >= 0.6 is 0 Å². The second kappa shape index (κ2) is 7.69. The van der Waals surface area contributed by atoms with Crippen molar-refractivity contribution in [1.82, 2.24) is 0 Å². The molecule has 2 aliphatic rings. The van der Waals surface area contributed by atoms with Crippen molar-refractivity contribution in [2.45, 2.75) is 56.1 Å². The van der Waals surface area contributed by atoms with Crippen molar-refractivity contribution in [3.8, 4) is 11.5 Å². The van der Waals surface area contributed by atoms with Gasteiger partial charge in [0.15, 0.2) is 17.6 Å². The van der Waals surface area contributed by atoms with Crippen LogP contribution in [0.1, 0.15) is 18.4 Å². The van der Waals surface area contributed by atoms with E-state index in [1.54, 1.807) is 6.07 Å². The lowest BCUT2D eigenvalue weighted by atomic mass is 9.99. The molecule has 148 valence electrons. The van der Waals surface area contributed by atoms with Gasteiger partial charge in [0.2, 0.25) is 6.29 Å². The average molecular weight is 384 g/mol. The number of aromatic hydroxyl groups is 1. The van der Waals surface area contributed by atoms with E-state index < -0.39 is 36.7 Å². The maximum atomic E-state index is 11.1. The van der Waals surface area contributed by atoms with Crippen molar-refractivity contribution in [1.29, 1.82) is 0 Å². The molecule has 0 amide bonds. The van der Waals surface area contributed by atoms with Gasteiger partial charge in [-0.3, -0.25) is 4.79 Å². The topological polar surface area (TPSA) is 163 Å². The molecule has 2 saturated heterocycles. The number of benzene rings is 1. The molecule has 6 atom stereocenters. The van der Waals surface area contributed by atoms with Crippen molar-refractivity contribution in [2.75, 3.05) is 0 Å². The van der Waals surface area contributed by atoms with Crippen LogP contribution in [0.4, 0.5) is 0 Å². The molecule has 3 rings (SSSR count). The number of ether oxygens (including phenoxy) is 3. The third-order valence-corrected chi connectivity index (χ3v) is 4.51. The normalized spacial score (nSPS) is 33.5. The Bertz CT molecular complexity index is 720. The molecule has 27 heavy (non-hydrogen) atoms. The van der Waals surface area contributed by atoms with E-state index in [0.717, 1.165) is 0 Å². The number of hydrogen-bond donors (Lipinski definition) is 5. The highest BCUT2D eigenvalue weighted by atomic mass is 16.7. The van der Waals surface area contributed by atoms with Gasteiger partial charge in [0.25, 0.3) is 0 Å². The molecule has 0 saturated carbocycles. The van der Waals surface area contributed by atoms with Crippen molar-refractivity contribution in [3.63, 3.8) is 0 Å². The second-order valence-electron chi connectivity index (χ2n) is 6.51. The molecule has 5 N–H and O–H groups in total. The first-order valence-electron chi connectivity index (χ1n) is 8.36. The lowest BCUT2D eigenvalue weighted by Crippen LogP contribution is -2.61. The Morgan fingerprint density at radius 3 is 2.52 bits per heavy atom. The van der Waals surface area contributed by atoms with E-state index in [9.17, 15) is 30.0 Å². The number of carboxylic acids is 1. The number of hydrogen-bond acceptors (Lipinski definition) is 9. The molecule has 2 aliphatic heterocycles. The summed E-state index contributed by atoms with van der Waals surface area (Å²) in [6, 6.07) is 4.37. The Hall–Kier alpha value is -2.40. The number of phenolic OH excluding ortho intramolecular Hbond substituents is 1. The van der Waals surface area contributed by atoms with E-state index in [4.69, 9.17) is 19.3 Å². The molecule has 0 bridgehead atoms. The van der Waals surface area contributed by atoms with Crippen LogP contribution in [0.15, 0.2) is 18.2 Å². The minimum atomic E-state index is -1.83. The van der Waals surface area contributed by atoms with Crippen molar-refractivity contribution in [3.05, 3.63) is 23.8 Å². The van der Waals surface area contributed by atoms with Gasteiger partial charge in [-0.1, -0.05) is 6.07 Å². The van der Waals surface area contributed by atoms with E-state index in [-0.39, 0.29) is 23.6 Å². The zero-order valence-electron chi connectivity index (χ0n) is 14.1. The first-order chi connectivity index (χ1) is 12.8. The van der Waals surface area contributed by atoms with Gasteiger partial charge in [0.1, 0.15) is 24.4 Å². The summed E-state index contributed by atoms with van der Waals surface area (Å²) in [4.78, 5) is 22.2. The fourth-order valence-electron chi connectivity index (χ4n) is 3.05. The molecule has 10 nitrogen and oxygen atoms in total. The predicted molar refractivity (Wildman–Crippen MR) is 85.9 cm³/mol. The maximum absolute atomic E-state index is 11.1. The average Bonchev–Trinajstić information content (AvgIpc) is 3.02. The number of cyclic esters (lactones) is 1. The van der Waals surface area contributed by atoms with Crippen LogP contribution in [-0.2, 0) is 25.5 Å². The van der Waals surface area contributed by atoms with Gasteiger partial charge in [-0.15, -0.1) is 0 Å². The molecule has 10 heteroatoms. The number of esters is 1. The van der Waals surface area contributed by atoms with Crippen LogP contribution in [0.2, 0.25) is 0 Å². The zero-order valence-corrected chi connectivity index (χ0v) is 14.1. The Labute approximate surface area is 153 Å². The van der Waals surface area contributed by atoms with Crippen LogP contribution in [0.3, 0.4) is 0 Å². The van der Waals surface area contributed by atoms with Gasteiger partial charge in [-0.25, -0.2) is 4.79 Å². The third-order valence-electron chi connectivity index (χ3n) is 4.51. The number of phenols is 1. The first kappa shape index (κ1) is 19.4. The van der Waals surface area contributed by atoms with Crippen LogP contribution in [0.25, 0.3) is 0 Å². The Balaban J connectivity index is 1.69. The van der Waals surface area contributed by atoms with Gasteiger partial charge in [-0.2, -0.15) is 0 Å². The summed E-state index contributed by atoms with van der Waals surface area (Å²) >= 11 is 0. The minimum Gasteiger partial charge on any atom is -0.504 e. The Morgan fingerprint density at radius 1 is 1.19 bits per heavy atom. The summed E-state index contributed by atoms with van der Waals surface area (Å²) in [6.45, 7) is 0. The van der Waals surface area contributed by atoms with Crippen LogP contribution < -0.4 is 4.74 Å². The molecule has 0 spiro atoms. The molecule has 0 aromatic heterocycles. The Kier molecular flexibility index (Phi) is 5.51. The highest BCUT2D eigenvalue weighted by molar-refractivity contribution is 5.73. The van der Waals surface area contributed by atoms with Gasteiger partial charge in [-0.05, 0) is 24.1 Å². The molecule has 2 fully saturated rings. The lowest BCUT2D eigenvalue weighted by Gasteiger charge is -2.38. The van der Waals surface area contributed by atoms with Gasteiger partial charge in [0, 0.05) is 12.8 Å². The van der Waals surface area contributed by atoms with Crippen LogP contribution in [0, 0.1) is 0 Å². The number of aliphatic hydroxyl groups is 3. The first-order valence-corrected chi connectivity index (χ1v) is 8.36. The van der Waals surface area contributed by atoms with Crippen molar-refractivity contribution in [2.24, 2.45) is 0 Å². The number of aliphatic carboxylic acids is 1. The molecule has 1 aromatic carbocycles.